The summed E-state index contributed by atoms with van der Waals surface area (Å²) in [4.78, 5) is 11.8. The third kappa shape index (κ3) is 7.42. The molecule has 1 amide bonds. The van der Waals surface area contributed by atoms with Crippen LogP contribution < -0.4 is 10.0 Å². The number of rotatable bonds is 8. The smallest absolute Gasteiger partial charge is 0.222 e. The van der Waals surface area contributed by atoms with Crippen LogP contribution in [-0.2, 0) is 19.6 Å². The van der Waals surface area contributed by atoms with Crippen LogP contribution in [0.3, 0.4) is 0 Å². The molecule has 0 saturated carbocycles. The Morgan fingerprint density at radius 2 is 1.95 bits per heavy atom. The molecule has 1 aromatic carbocycles. The Balaban J connectivity index is 2.78. The molecule has 1 rings (SSSR count). The molecule has 0 heterocycles. The lowest BCUT2D eigenvalue weighted by Crippen LogP contribution is -2.34. The monoisotopic (exact) mass is 334 g/mol. The summed E-state index contributed by atoms with van der Waals surface area (Å²) in [6, 6.07) is 6.04. The molecule has 2 N–H and O–H groups in total. The molecule has 0 saturated heterocycles. The van der Waals surface area contributed by atoms with Crippen LogP contribution in [0.2, 0.25) is 5.02 Å². The van der Waals surface area contributed by atoms with E-state index in [1.807, 2.05) is 0 Å². The molecule has 0 aliphatic carbocycles. The number of hydrogen-bond acceptors (Lipinski definition) is 4. The number of methoxy groups -OCH3 is 1. The fraction of sp³-hybridized carbons (Fsp3) is 0.462. The molecule has 8 heteroatoms. The number of carbonyl (C=O) groups excluding carboxylic acids is 1. The van der Waals surface area contributed by atoms with Crippen molar-refractivity contribution < 1.29 is 17.9 Å². The molecule has 0 aliphatic rings. The summed E-state index contributed by atoms with van der Waals surface area (Å²) in [5.41, 5.74) is 0.673. The molecule has 0 radical (unpaired) electrons. The Morgan fingerprint density at radius 3 is 2.48 bits per heavy atom. The topological polar surface area (TPSA) is 84.5 Å². The van der Waals surface area contributed by atoms with Gasteiger partial charge in [0, 0.05) is 25.1 Å². The molecule has 21 heavy (non-hydrogen) atoms. The minimum atomic E-state index is -3.44. The van der Waals surface area contributed by atoms with Crippen molar-refractivity contribution >= 4 is 27.5 Å². The van der Waals surface area contributed by atoms with Crippen molar-refractivity contribution in [3.63, 3.8) is 0 Å². The lowest BCUT2D eigenvalue weighted by molar-refractivity contribution is -0.121. The maximum absolute atomic E-state index is 11.8. The van der Waals surface area contributed by atoms with Crippen LogP contribution in [0.4, 0.5) is 0 Å². The van der Waals surface area contributed by atoms with Gasteiger partial charge in [-0.1, -0.05) is 23.7 Å². The van der Waals surface area contributed by atoms with Gasteiger partial charge in [0.1, 0.15) is 0 Å². The largest absolute Gasteiger partial charge is 0.383 e. The fourth-order valence-corrected chi connectivity index (χ4v) is 2.59. The molecule has 0 aliphatic heterocycles. The second-order valence-corrected chi connectivity index (χ2v) is 6.76. The molecule has 118 valence electrons. The summed E-state index contributed by atoms with van der Waals surface area (Å²) in [6.07, 6.45) is 1.05. The zero-order valence-corrected chi connectivity index (χ0v) is 13.5. The van der Waals surface area contributed by atoms with Crippen molar-refractivity contribution in [2.45, 2.75) is 12.5 Å². The number of nitrogens with one attached hydrogen (secondary N) is 2. The number of amides is 1. The van der Waals surface area contributed by atoms with Crippen LogP contribution in [0.5, 0.6) is 0 Å². The molecular formula is C13H19ClN2O4S. The molecule has 0 aromatic heterocycles. The highest BCUT2D eigenvalue weighted by Crippen LogP contribution is 2.20. The Kier molecular flexibility index (Phi) is 7.10. The average molecular weight is 335 g/mol. The Labute approximate surface area is 129 Å². The van der Waals surface area contributed by atoms with Crippen LogP contribution in [0, 0.1) is 0 Å². The van der Waals surface area contributed by atoms with Gasteiger partial charge in [0.05, 0.1) is 18.9 Å². The van der Waals surface area contributed by atoms with Crippen molar-refractivity contribution in [1.82, 2.24) is 10.0 Å². The minimum Gasteiger partial charge on any atom is -0.383 e. The van der Waals surface area contributed by atoms with E-state index in [2.05, 4.69) is 10.0 Å². The molecule has 1 atom stereocenters. The first kappa shape index (κ1) is 17.9. The van der Waals surface area contributed by atoms with E-state index < -0.39 is 16.1 Å². The van der Waals surface area contributed by atoms with Gasteiger partial charge in [0.2, 0.25) is 15.9 Å². The number of sulfonamides is 1. The molecule has 0 fully saturated rings. The van der Waals surface area contributed by atoms with Gasteiger partial charge in [-0.05, 0) is 17.7 Å². The highest BCUT2D eigenvalue weighted by atomic mass is 35.5. The summed E-state index contributed by atoms with van der Waals surface area (Å²) in [7, 11) is -1.90. The fourth-order valence-electron chi connectivity index (χ4n) is 1.73. The van der Waals surface area contributed by atoms with Crippen LogP contribution in [0.1, 0.15) is 18.0 Å². The highest BCUT2D eigenvalue weighted by Gasteiger charge is 2.19. The van der Waals surface area contributed by atoms with Crippen molar-refractivity contribution in [1.29, 1.82) is 0 Å². The second kappa shape index (κ2) is 8.33. The van der Waals surface area contributed by atoms with E-state index in [1.165, 1.54) is 7.11 Å². The van der Waals surface area contributed by atoms with E-state index in [9.17, 15) is 13.2 Å². The number of halogens is 1. The van der Waals surface area contributed by atoms with E-state index in [4.69, 9.17) is 16.3 Å². The first-order chi connectivity index (χ1) is 9.81. The molecular weight excluding hydrogens is 316 g/mol. The number of hydrogen-bond donors (Lipinski definition) is 2. The maximum Gasteiger partial charge on any atom is 0.222 e. The van der Waals surface area contributed by atoms with E-state index in [1.54, 1.807) is 24.3 Å². The summed E-state index contributed by atoms with van der Waals surface area (Å²) >= 11 is 5.81. The van der Waals surface area contributed by atoms with Crippen LogP contribution >= 0.6 is 11.6 Å². The zero-order valence-electron chi connectivity index (χ0n) is 11.9. The number of benzene rings is 1. The Morgan fingerprint density at radius 1 is 1.33 bits per heavy atom. The van der Waals surface area contributed by atoms with Crippen LogP contribution in [0.15, 0.2) is 24.3 Å². The molecule has 0 bridgehead atoms. The first-order valence-electron chi connectivity index (χ1n) is 6.30. The van der Waals surface area contributed by atoms with E-state index in [-0.39, 0.29) is 12.3 Å². The van der Waals surface area contributed by atoms with Gasteiger partial charge >= 0.3 is 0 Å². The van der Waals surface area contributed by atoms with E-state index in [0.717, 1.165) is 6.26 Å². The first-order valence-corrected chi connectivity index (χ1v) is 8.57. The summed E-state index contributed by atoms with van der Waals surface area (Å²) < 4.78 is 30.2. The predicted octanol–water partition coefficient (Wildman–Crippen LogP) is 1.08. The molecule has 0 spiro atoms. The van der Waals surface area contributed by atoms with Gasteiger partial charge in [0.15, 0.2) is 0 Å². The van der Waals surface area contributed by atoms with Gasteiger partial charge in [-0.25, -0.2) is 13.1 Å². The quantitative estimate of drug-likeness (QED) is 0.697. The van der Waals surface area contributed by atoms with E-state index in [0.29, 0.717) is 23.7 Å². The van der Waals surface area contributed by atoms with Crippen LogP contribution in [0.25, 0.3) is 0 Å². The standard InChI is InChI=1S/C13H19ClN2O4S/c1-20-8-7-15-13(17)9-12(16-21(2,18)19)10-3-5-11(14)6-4-10/h3-6,12,16H,7-9H2,1-2H3,(H,15,17). The van der Waals surface area contributed by atoms with Gasteiger partial charge in [0.25, 0.3) is 0 Å². The molecule has 1 unspecified atom stereocenters. The van der Waals surface area contributed by atoms with Gasteiger partial charge in [-0.3, -0.25) is 4.79 Å². The lowest BCUT2D eigenvalue weighted by atomic mass is 10.0. The van der Waals surface area contributed by atoms with Crippen molar-refractivity contribution in [3.05, 3.63) is 34.9 Å². The van der Waals surface area contributed by atoms with Crippen LogP contribution in [-0.4, -0.2) is 40.8 Å². The summed E-state index contributed by atoms with van der Waals surface area (Å²) in [6.45, 7) is 0.776. The normalized spacial score (nSPS) is 12.9. The van der Waals surface area contributed by atoms with Crippen molar-refractivity contribution in [3.8, 4) is 0 Å². The second-order valence-electron chi connectivity index (χ2n) is 4.54. The van der Waals surface area contributed by atoms with Gasteiger partial charge in [-0.2, -0.15) is 0 Å². The molecule has 1 aromatic rings. The third-order valence-corrected chi connectivity index (χ3v) is 3.61. The van der Waals surface area contributed by atoms with Gasteiger partial charge in [-0.15, -0.1) is 0 Å². The predicted molar refractivity (Wildman–Crippen MR) is 81.7 cm³/mol. The van der Waals surface area contributed by atoms with E-state index >= 15 is 0 Å². The highest BCUT2D eigenvalue weighted by molar-refractivity contribution is 7.88. The lowest BCUT2D eigenvalue weighted by Gasteiger charge is -2.18. The number of ether oxygens (including phenoxy) is 1. The average Bonchev–Trinajstić information content (AvgIpc) is 2.37. The SMILES string of the molecule is COCCNC(=O)CC(NS(C)(=O)=O)c1ccc(Cl)cc1. The zero-order chi connectivity index (χ0) is 15.9. The van der Waals surface area contributed by atoms with Crippen molar-refractivity contribution in [2.75, 3.05) is 26.5 Å². The minimum absolute atomic E-state index is 0.00157. The number of carbonyl (C=O) groups is 1. The Hall–Kier alpha value is -1.15. The van der Waals surface area contributed by atoms with Gasteiger partial charge < -0.3 is 10.1 Å². The van der Waals surface area contributed by atoms with Crippen molar-refractivity contribution in [2.24, 2.45) is 0 Å². The Bertz CT molecular complexity index is 560. The maximum atomic E-state index is 11.8. The summed E-state index contributed by atoms with van der Waals surface area (Å²) in [5.74, 6) is -0.261. The third-order valence-electron chi connectivity index (χ3n) is 2.65. The summed E-state index contributed by atoms with van der Waals surface area (Å²) in [5, 5.41) is 3.20. The molecule has 6 nitrogen and oxygen atoms in total.